The Morgan fingerprint density at radius 1 is 1.20 bits per heavy atom. The highest BCUT2D eigenvalue weighted by atomic mass is 35.5. The molecule has 4 nitrogen and oxygen atoms in total. The molecule has 1 heterocycles. The molecule has 15 heavy (non-hydrogen) atoms. The smallest absolute Gasteiger partial charge is 0.160 e. The number of halogens is 2. The van der Waals surface area contributed by atoms with Gasteiger partial charge in [-0.3, -0.25) is 0 Å². The molecule has 0 saturated carbocycles. The van der Waals surface area contributed by atoms with Crippen LogP contribution in [0.1, 0.15) is 11.4 Å². The molecule has 0 fully saturated rings. The number of hydrogen-bond donors (Lipinski definition) is 0. The second-order valence-corrected chi connectivity index (χ2v) is 4.02. The molecule has 0 unspecified atom stereocenters. The van der Waals surface area contributed by atoms with Gasteiger partial charge in [-0.15, -0.1) is 10.2 Å². The van der Waals surface area contributed by atoms with Gasteiger partial charge in [-0.1, -0.05) is 23.2 Å². The summed E-state index contributed by atoms with van der Waals surface area (Å²) in [7, 11) is 0. The lowest BCUT2D eigenvalue weighted by atomic mass is 10.2. The Labute approximate surface area is 96.8 Å². The van der Waals surface area contributed by atoms with Crippen molar-refractivity contribution in [2.75, 3.05) is 0 Å². The second kappa shape index (κ2) is 4.16. The van der Waals surface area contributed by atoms with E-state index in [1.807, 2.05) is 12.1 Å². The summed E-state index contributed by atoms with van der Waals surface area (Å²) in [6.45, 7) is 2.30. The third-order valence-corrected chi connectivity index (χ3v) is 2.24. The lowest BCUT2D eigenvalue weighted by molar-refractivity contribution is 0.571. The highest BCUT2D eigenvalue weighted by molar-refractivity contribution is 6.34. The first-order valence-electron chi connectivity index (χ1n) is 4.33. The fraction of sp³-hybridized carbons (Fsp3) is 0.222. The summed E-state index contributed by atoms with van der Waals surface area (Å²) >= 11 is 11.7. The highest BCUT2D eigenvalue weighted by Crippen LogP contribution is 2.19. The van der Waals surface area contributed by atoms with Crippen LogP contribution in [0, 0.1) is 6.92 Å². The van der Waals surface area contributed by atoms with Gasteiger partial charge in [0.15, 0.2) is 5.82 Å². The molecular weight excluding hydrogens is 235 g/mol. The lowest BCUT2D eigenvalue weighted by Crippen LogP contribution is -2.04. The highest BCUT2D eigenvalue weighted by Gasteiger charge is 2.02. The number of aryl methyl sites for hydroxylation is 1. The topological polar surface area (TPSA) is 43.6 Å². The number of benzene rings is 1. The Hall–Kier alpha value is -1.13. The maximum Gasteiger partial charge on any atom is 0.171 e. The van der Waals surface area contributed by atoms with E-state index in [9.17, 15) is 0 Å². The van der Waals surface area contributed by atoms with E-state index < -0.39 is 0 Å². The van der Waals surface area contributed by atoms with Gasteiger partial charge in [0, 0.05) is 10.0 Å². The van der Waals surface area contributed by atoms with Crippen molar-refractivity contribution in [1.29, 1.82) is 0 Å². The van der Waals surface area contributed by atoms with Gasteiger partial charge in [0.2, 0.25) is 0 Å². The fourth-order valence-corrected chi connectivity index (χ4v) is 1.83. The molecule has 0 spiro atoms. The van der Waals surface area contributed by atoms with E-state index in [1.165, 1.54) is 4.80 Å². The van der Waals surface area contributed by atoms with Gasteiger partial charge in [-0.2, -0.15) is 4.80 Å². The van der Waals surface area contributed by atoms with Crippen LogP contribution in [0.15, 0.2) is 18.2 Å². The molecule has 1 aromatic heterocycles. The first-order chi connectivity index (χ1) is 7.13. The number of tetrazole rings is 1. The van der Waals surface area contributed by atoms with Gasteiger partial charge >= 0.3 is 0 Å². The average molecular weight is 243 g/mol. The molecular formula is C9H8Cl2N4. The minimum Gasteiger partial charge on any atom is -0.160 e. The minimum atomic E-state index is 0.515. The Morgan fingerprint density at radius 3 is 2.40 bits per heavy atom. The normalized spacial score (nSPS) is 10.6. The Kier molecular flexibility index (Phi) is 2.88. The van der Waals surface area contributed by atoms with Crippen molar-refractivity contribution in [3.63, 3.8) is 0 Å². The second-order valence-electron chi connectivity index (χ2n) is 3.14. The molecule has 0 aliphatic heterocycles. The zero-order valence-corrected chi connectivity index (χ0v) is 9.50. The maximum absolute atomic E-state index is 5.87. The summed E-state index contributed by atoms with van der Waals surface area (Å²) in [5, 5.41) is 12.9. The van der Waals surface area contributed by atoms with Crippen LogP contribution in [-0.4, -0.2) is 20.2 Å². The van der Waals surface area contributed by atoms with Gasteiger partial charge in [0.05, 0.1) is 6.54 Å². The van der Waals surface area contributed by atoms with Crippen molar-refractivity contribution < 1.29 is 0 Å². The summed E-state index contributed by atoms with van der Waals surface area (Å²) in [5.74, 6) is 0.642. The molecule has 2 rings (SSSR count). The predicted octanol–water partition coefficient (Wildman–Crippen LogP) is 2.34. The van der Waals surface area contributed by atoms with Crippen LogP contribution in [-0.2, 0) is 6.54 Å². The SMILES string of the molecule is Cc1nnn(Cc2cc(Cl)cc(Cl)c2)n1. The van der Waals surface area contributed by atoms with Crippen LogP contribution in [0.5, 0.6) is 0 Å². The molecule has 0 aliphatic carbocycles. The van der Waals surface area contributed by atoms with Crippen LogP contribution in [0.2, 0.25) is 10.0 Å². The molecule has 0 radical (unpaired) electrons. The minimum absolute atomic E-state index is 0.515. The average Bonchev–Trinajstić information content (AvgIpc) is 2.49. The summed E-state index contributed by atoms with van der Waals surface area (Å²) in [6, 6.07) is 5.34. The van der Waals surface area contributed by atoms with Gasteiger partial charge in [-0.05, 0) is 35.9 Å². The van der Waals surface area contributed by atoms with Crippen LogP contribution in [0.4, 0.5) is 0 Å². The van der Waals surface area contributed by atoms with E-state index in [0.29, 0.717) is 22.4 Å². The molecule has 0 aliphatic rings. The van der Waals surface area contributed by atoms with E-state index >= 15 is 0 Å². The van der Waals surface area contributed by atoms with E-state index in [2.05, 4.69) is 15.4 Å². The van der Waals surface area contributed by atoms with E-state index in [1.54, 1.807) is 13.0 Å². The van der Waals surface area contributed by atoms with Crippen LogP contribution in [0.3, 0.4) is 0 Å². The monoisotopic (exact) mass is 242 g/mol. The molecule has 0 amide bonds. The first-order valence-corrected chi connectivity index (χ1v) is 5.08. The van der Waals surface area contributed by atoms with Crippen LogP contribution in [0.25, 0.3) is 0 Å². The first kappa shape index (κ1) is 10.4. The molecule has 6 heteroatoms. The van der Waals surface area contributed by atoms with Crippen molar-refractivity contribution in [2.45, 2.75) is 13.5 Å². The number of hydrogen-bond acceptors (Lipinski definition) is 3. The summed E-state index contributed by atoms with van der Waals surface area (Å²) in [4.78, 5) is 1.50. The molecule has 0 saturated heterocycles. The predicted molar refractivity (Wildman–Crippen MR) is 58.1 cm³/mol. The molecule has 2 aromatic rings. The Morgan fingerprint density at radius 2 is 1.87 bits per heavy atom. The van der Waals surface area contributed by atoms with Crippen molar-refractivity contribution in [3.05, 3.63) is 39.6 Å². The zero-order chi connectivity index (χ0) is 10.8. The van der Waals surface area contributed by atoms with Crippen molar-refractivity contribution >= 4 is 23.2 Å². The van der Waals surface area contributed by atoms with Crippen LogP contribution >= 0.6 is 23.2 Å². The third kappa shape index (κ3) is 2.67. The van der Waals surface area contributed by atoms with E-state index in [0.717, 1.165) is 5.56 Å². The standard InChI is InChI=1S/C9H8Cl2N4/c1-6-12-14-15(13-6)5-7-2-8(10)4-9(11)3-7/h2-4H,5H2,1H3. The lowest BCUT2D eigenvalue weighted by Gasteiger charge is -2.01. The molecule has 0 bridgehead atoms. The van der Waals surface area contributed by atoms with Gasteiger partial charge in [0.25, 0.3) is 0 Å². The third-order valence-electron chi connectivity index (χ3n) is 1.80. The Bertz CT molecular complexity index is 460. The fourth-order valence-electron chi connectivity index (χ4n) is 1.26. The largest absolute Gasteiger partial charge is 0.171 e. The molecule has 78 valence electrons. The van der Waals surface area contributed by atoms with E-state index in [-0.39, 0.29) is 0 Å². The zero-order valence-electron chi connectivity index (χ0n) is 7.98. The summed E-state index contributed by atoms with van der Waals surface area (Å²) in [5.41, 5.74) is 0.949. The van der Waals surface area contributed by atoms with E-state index in [4.69, 9.17) is 23.2 Å². The van der Waals surface area contributed by atoms with Crippen molar-refractivity contribution in [1.82, 2.24) is 20.2 Å². The van der Waals surface area contributed by atoms with Gasteiger partial charge in [0.1, 0.15) is 0 Å². The maximum atomic E-state index is 5.87. The summed E-state index contributed by atoms with van der Waals surface area (Å²) < 4.78 is 0. The molecule has 0 atom stereocenters. The Balaban J connectivity index is 2.24. The van der Waals surface area contributed by atoms with Gasteiger partial charge in [-0.25, -0.2) is 0 Å². The van der Waals surface area contributed by atoms with Gasteiger partial charge < -0.3 is 0 Å². The van der Waals surface area contributed by atoms with Crippen molar-refractivity contribution in [2.24, 2.45) is 0 Å². The van der Waals surface area contributed by atoms with Crippen LogP contribution < -0.4 is 0 Å². The number of aromatic nitrogens is 4. The quantitative estimate of drug-likeness (QED) is 0.812. The molecule has 0 N–H and O–H groups in total. The molecule has 1 aromatic carbocycles. The van der Waals surface area contributed by atoms with Crippen molar-refractivity contribution in [3.8, 4) is 0 Å². The number of nitrogens with zero attached hydrogens (tertiary/aromatic N) is 4. The number of rotatable bonds is 2. The summed E-state index contributed by atoms with van der Waals surface area (Å²) in [6.07, 6.45) is 0.